The quantitative estimate of drug-likeness (QED) is 0.802. The lowest BCUT2D eigenvalue weighted by molar-refractivity contribution is -0.153. The van der Waals surface area contributed by atoms with Crippen LogP contribution in [0.2, 0.25) is 0 Å². The van der Waals surface area contributed by atoms with Gasteiger partial charge >= 0.3 is 6.18 Å². The molecule has 0 aromatic heterocycles. The van der Waals surface area contributed by atoms with Gasteiger partial charge in [-0.05, 0) is 42.5 Å². The third-order valence-electron chi connectivity index (χ3n) is 4.23. The van der Waals surface area contributed by atoms with Crippen LogP contribution in [0.1, 0.15) is 43.4 Å². The fourth-order valence-corrected chi connectivity index (χ4v) is 3.09. The van der Waals surface area contributed by atoms with E-state index in [0.717, 1.165) is 31.5 Å². The third kappa shape index (κ3) is 4.71. The molecule has 0 radical (unpaired) electrons. The van der Waals surface area contributed by atoms with Gasteiger partial charge in [0.25, 0.3) is 0 Å². The van der Waals surface area contributed by atoms with Gasteiger partial charge in [0.1, 0.15) is 0 Å². The Labute approximate surface area is 130 Å². The standard InChI is InChI=1S/C17H25F3N2/c1-3-7-21-10-13-5-6-14-11-22(12-17(18,19)20)16(4-2)9-15(14)8-13/h5-6,8,16,21H,3-4,7,9-12H2,1-2H3. The lowest BCUT2D eigenvalue weighted by atomic mass is 9.91. The Morgan fingerprint density at radius 1 is 1.23 bits per heavy atom. The molecular formula is C17H25F3N2. The van der Waals surface area contributed by atoms with Gasteiger partial charge in [0.15, 0.2) is 0 Å². The predicted molar refractivity (Wildman–Crippen MR) is 82.7 cm³/mol. The molecule has 2 rings (SSSR count). The smallest absolute Gasteiger partial charge is 0.313 e. The van der Waals surface area contributed by atoms with Crippen molar-refractivity contribution >= 4 is 0 Å². The Morgan fingerprint density at radius 3 is 2.64 bits per heavy atom. The van der Waals surface area contributed by atoms with Gasteiger partial charge in [0.2, 0.25) is 0 Å². The summed E-state index contributed by atoms with van der Waals surface area (Å²) in [7, 11) is 0. The number of fused-ring (bicyclic) bond motifs is 1. The number of rotatable bonds is 6. The van der Waals surface area contributed by atoms with Crippen LogP contribution in [0.15, 0.2) is 18.2 Å². The molecule has 0 spiro atoms. The van der Waals surface area contributed by atoms with Gasteiger partial charge in [0, 0.05) is 19.1 Å². The second-order valence-electron chi connectivity index (χ2n) is 6.07. The molecule has 1 aromatic carbocycles. The van der Waals surface area contributed by atoms with E-state index in [9.17, 15) is 13.2 Å². The molecule has 124 valence electrons. The summed E-state index contributed by atoms with van der Waals surface area (Å²) < 4.78 is 38.1. The van der Waals surface area contributed by atoms with Crippen molar-refractivity contribution in [2.24, 2.45) is 0 Å². The molecule has 0 amide bonds. The highest BCUT2D eigenvalue weighted by molar-refractivity contribution is 5.34. The Morgan fingerprint density at radius 2 is 2.00 bits per heavy atom. The number of nitrogens with one attached hydrogen (secondary N) is 1. The summed E-state index contributed by atoms with van der Waals surface area (Å²) in [5, 5.41) is 3.36. The van der Waals surface area contributed by atoms with Gasteiger partial charge < -0.3 is 5.32 Å². The Balaban J connectivity index is 2.09. The van der Waals surface area contributed by atoms with Crippen LogP contribution in [0.5, 0.6) is 0 Å². The van der Waals surface area contributed by atoms with Crippen LogP contribution in [0.3, 0.4) is 0 Å². The molecule has 0 saturated carbocycles. The Bertz CT molecular complexity index is 485. The molecule has 0 bridgehead atoms. The maximum atomic E-state index is 12.7. The van der Waals surface area contributed by atoms with Crippen LogP contribution in [0, 0.1) is 0 Å². The Hall–Kier alpha value is -1.07. The highest BCUT2D eigenvalue weighted by Crippen LogP contribution is 2.29. The van der Waals surface area contributed by atoms with Crippen LogP contribution < -0.4 is 5.32 Å². The van der Waals surface area contributed by atoms with E-state index in [0.29, 0.717) is 13.0 Å². The normalized spacial score (nSPS) is 19.2. The molecule has 1 N–H and O–H groups in total. The molecular weight excluding hydrogens is 289 g/mol. The molecule has 2 nitrogen and oxygen atoms in total. The van der Waals surface area contributed by atoms with Crippen molar-refractivity contribution in [2.75, 3.05) is 13.1 Å². The molecule has 1 aliphatic heterocycles. The van der Waals surface area contributed by atoms with Gasteiger partial charge in [-0.1, -0.05) is 32.0 Å². The number of hydrogen-bond donors (Lipinski definition) is 1. The zero-order valence-electron chi connectivity index (χ0n) is 13.3. The topological polar surface area (TPSA) is 15.3 Å². The first kappa shape index (κ1) is 17.3. The monoisotopic (exact) mass is 314 g/mol. The van der Waals surface area contributed by atoms with E-state index >= 15 is 0 Å². The van der Waals surface area contributed by atoms with Gasteiger partial charge in [-0.15, -0.1) is 0 Å². The minimum Gasteiger partial charge on any atom is -0.313 e. The van der Waals surface area contributed by atoms with E-state index < -0.39 is 12.7 Å². The second kappa shape index (κ2) is 7.47. The highest BCUT2D eigenvalue weighted by atomic mass is 19.4. The number of halogens is 3. The maximum absolute atomic E-state index is 12.7. The lowest BCUT2D eigenvalue weighted by Crippen LogP contribution is -2.45. The van der Waals surface area contributed by atoms with Crippen molar-refractivity contribution in [2.45, 2.75) is 58.4 Å². The van der Waals surface area contributed by atoms with Crippen LogP contribution in [-0.4, -0.2) is 30.2 Å². The van der Waals surface area contributed by atoms with Crippen molar-refractivity contribution in [1.29, 1.82) is 0 Å². The first-order valence-corrected chi connectivity index (χ1v) is 8.05. The molecule has 0 fully saturated rings. The zero-order valence-corrected chi connectivity index (χ0v) is 13.3. The number of nitrogens with zero attached hydrogens (tertiary/aromatic N) is 1. The number of benzene rings is 1. The van der Waals surface area contributed by atoms with Gasteiger partial charge in [0.05, 0.1) is 6.54 Å². The summed E-state index contributed by atoms with van der Waals surface area (Å²) in [6.45, 7) is 5.48. The molecule has 1 aliphatic rings. The fraction of sp³-hybridized carbons (Fsp3) is 0.647. The highest BCUT2D eigenvalue weighted by Gasteiger charge is 2.35. The van der Waals surface area contributed by atoms with E-state index in [2.05, 4.69) is 18.3 Å². The van der Waals surface area contributed by atoms with Crippen molar-refractivity contribution in [3.63, 3.8) is 0 Å². The van der Waals surface area contributed by atoms with Crippen molar-refractivity contribution in [1.82, 2.24) is 10.2 Å². The fourth-order valence-electron chi connectivity index (χ4n) is 3.09. The molecule has 1 unspecified atom stereocenters. The van der Waals surface area contributed by atoms with E-state index in [1.807, 2.05) is 19.1 Å². The average molecular weight is 314 g/mol. The Kier molecular flexibility index (Phi) is 5.87. The summed E-state index contributed by atoms with van der Waals surface area (Å²) in [5.74, 6) is 0. The van der Waals surface area contributed by atoms with E-state index in [1.165, 1.54) is 11.1 Å². The van der Waals surface area contributed by atoms with E-state index in [4.69, 9.17) is 0 Å². The summed E-state index contributed by atoms with van der Waals surface area (Å²) in [6, 6.07) is 6.16. The van der Waals surface area contributed by atoms with Crippen molar-refractivity contribution < 1.29 is 13.2 Å². The average Bonchev–Trinajstić information content (AvgIpc) is 2.45. The van der Waals surface area contributed by atoms with E-state index in [-0.39, 0.29) is 6.04 Å². The van der Waals surface area contributed by atoms with Gasteiger partial charge in [-0.3, -0.25) is 4.90 Å². The van der Waals surface area contributed by atoms with Crippen LogP contribution >= 0.6 is 0 Å². The van der Waals surface area contributed by atoms with E-state index in [1.54, 1.807) is 4.90 Å². The summed E-state index contributed by atoms with van der Waals surface area (Å²) in [4.78, 5) is 1.57. The SMILES string of the molecule is CCCNCc1ccc2c(c1)CC(CC)N(CC(F)(F)F)C2. The molecule has 0 saturated heterocycles. The number of alkyl halides is 3. The second-order valence-corrected chi connectivity index (χ2v) is 6.07. The largest absolute Gasteiger partial charge is 0.401 e. The van der Waals surface area contributed by atoms with Gasteiger partial charge in [-0.2, -0.15) is 13.2 Å². The van der Waals surface area contributed by atoms with Crippen LogP contribution in [-0.2, 0) is 19.5 Å². The van der Waals surface area contributed by atoms with Crippen LogP contribution in [0.4, 0.5) is 13.2 Å². The summed E-state index contributed by atoms with van der Waals surface area (Å²) in [6.07, 6.45) is -1.58. The summed E-state index contributed by atoms with van der Waals surface area (Å²) >= 11 is 0. The first-order chi connectivity index (χ1) is 10.4. The minimum atomic E-state index is -4.13. The first-order valence-electron chi connectivity index (χ1n) is 8.05. The van der Waals surface area contributed by atoms with Gasteiger partial charge in [-0.25, -0.2) is 0 Å². The lowest BCUT2D eigenvalue weighted by Gasteiger charge is -2.37. The predicted octanol–water partition coefficient (Wildman–Crippen LogP) is 3.89. The molecule has 1 heterocycles. The molecule has 1 aromatic rings. The minimum absolute atomic E-state index is 0.0204. The summed E-state index contributed by atoms with van der Waals surface area (Å²) in [5.41, 5.74) is 3.46. The van der Waals surface area contributed by atoms with Crippen molar-refractivity contribution in [3.05, 3.63) is 34.9 Å². The molecule has 1 atom stereocenters. The third-order valence-corrected chi connectivity index (χ3v) is 4.23. The van der Waals surface area contributed by atoms with Crippen LogP contribution in [0.25, 0.3) is 0 Å². The molecule has 22 heavy (non-hydrogen) atoms. The molecule has 5 heteroatoms. The van der Waals surface area contributed by atoms with Crippen molar-refractivity contribution in [3.8, 4) is 0 Å². The maximum Gasteiger partial charge on any atom is 0.401 e. The molecule has 0 aliphatic carbocycles. The number of hydrogen-bond acceptors (Lipinski definition) is 2. The zero-order chi connectivity index (χ0) is 16.2.